The lowest BCUT2D eigenvalue weighted by Gasteiger charge is -2.27. The Hall–Kier alpha value is -2.63. The van der Waals surface area contributed by atoms with E-state index in [2.05, 4.69) is 116 Å². The molecule has 0 aliphatic heterocycles. The van der Waals surface area contributed by atoms with E-state index >= 15 is 0 Å². The molecule has 0 aromatic heterocycles. The molecule has 0 N–H and O–H groups in total. The predicted molar refractivity (Wildman–Crippen MR) is 124 cm³/mol. The van der Waals surface area contributed by atoms with Gasteiger partial charge in [0, 0.05) is 19.8 Å². The minimum absolute atomic E-state index is 0.607. The van der Waals surface area contributed by atoms with Crippen LogP contribution in [0.5, 0.6) is 0 Å². The zero-order chi connectivity index (χ0) is 19.3. The monoisotopic (exact) mass is 383 g/mol. The van der Waals surface area contributed by atoms with E-state index in [-0.39, 0.29) is 0 Å². The van der Waals surface area contributed by atoms with Gasteiger partial charge in [-0.1, -0.05) is 91.0 Å². The molecule has 0 unspecified atom stereocenters. The lowest BCUT2D eigenvalue weighted by Crippen LogP contribution is -2.24. The number of hydrogen-bond acceptors (Lipinski definition) is 1. The summed E-state index contributed by atoms with van der Waals surface area (Å²) < 4.78 is 0. The molecule has 4 rings (SSSR count). The molecule has 140 valence electrons. The zero-order valence-corrected chi connectivity index (χ0v) is 17.4. The summed E-state index contributed by atoms with van der Waals surface area (Å²) in [5.41, 5.74) is 4.19. The van der Waals surface area contributed by atoms with Crippen molar-refractivity contribution < 1.29 is 0 Å². The second-order valence-corrected chi connectivity index (χ2v) is 9.41. The molecule has 0 heterocycles. The first-order valence-electron chi connectivity index (χ1n) is 9.82. The fourth-order valence-electron chi connectivity index (χ4n) is 3.85. The molecule has 0 spiro atoms. The van der Waals surface area contributed by atoms with E-state index < -0.39 is 7.92 Å². The summed E-state index contributed by atoms with van der Waals surface area (Å²) in [4.78, 5) is 2.25. The third kappa shape index (κ3) is 3.81. The van der Waals surface area contributed by atoms with E-state index in [9.17, 15) is 0 Å². The van der Waals surface area contributed by atoms with Crippen molar-refractivity contribution in [2.24, 2.45) is 0 Å². The van der Waals surface area contributed by atoms with Crippen molar-refractivity contribution in [1.29, 1.82) is 0 Å². The summed E-state index contributed by atoms with van der Waals surface area (Å²) >= 11 is 0. The topological polar surface area (TPSA) is 3.24 Å². The average Bonchev–Trinajstić information content (AvgIpc) is 2.76. The molecule has 3 aromatic carbocycles. The van der Waals surface area contributed by atoms with Crippen LogP contribution in [-0.2, 0) is 0 Å². The molecule has 0 bridgehead atoms. The van der Waals surface area contributed by atoms with Gasteiger partial charge in [-0.3, -0.25) is 0 Å². The molecule has 0 saturated carbocycles. The zero-order valence-electron chi connectivity index (χ0n) is 16.5. The Morgan fingerprint density at radius 2 is 1.29 bits per heavy atom. The summed E-state index contributed by atoms with van der Waals surface area (Å²) in [7, 11) is 3.68. The van der Waals surface area contributed by atoms with Crippen LogP contribution in [0.2, 0.25) is 0 Å². The maximum absolute atomic E-state index is 2.33. The summed E-state index contributed by atoms with van der Waals surface area (Å²) in [5.74, 6) is 0. The highest BCUT2D eigenvalue weighted by Gasteiger charge is 2.22. The third-order valence-electron chi connectivity index (χ3n) is 5.13. The summed E-state index contributed by atoms with van der Waals surface area (Å²) in [6, 6.07) is 31.0. The summed E-state index contributed by atoms with van der Waals surface area (Å²) in [5, 5.41) is 4.24. The van der Waals surface area contributed by atoms with Crippen molar-refractivity contribution >= 4 is 29.4 Å². The minimum atomic E-state index is -0.607. The Kier molecular flexibility index (Phi) is 5.74. The molecular weight excluding hydrogens is 357 g/mol. The number of benzene rings is 3. The van der Waals surface area contributed by atoms with Crippen molar-refractivity contribution in [3.05, 3.63) is 108 Å². The lowest BCUT2D eigenvalue weighted by molar-refractivity contribution is 0.527. The first-order valence-corrected chi connectivity index (χ1v) is 11.2. The number of allylic oxidation sites excluding steroid dienone is 3. The maximum atomic E-state index is 2.33. The first kappa shape index (κ1) is 18.7. The second-order valence-electron chi connectivity index (χ2n) is 7.22. The van der Waals surface area contributed by atoms with E-state index in [1.54, 1.807) is 0 Å². The van der Waals surface area contributed by atoms with Crippen molar-refractivity contribution in [2.45, 2.75) is 12.8 Å². The first-order chi connectivity index (χ1) is 13.8. The predicted octanol–water partition coefficient (Wildman–Crippen LogP) is 5.07. The Morgan fingerprint density at radius 1 is 0.714 bits per heavy atom. The highest BCUT2D eigenvalue weighted by Crippen LogP contribution is 2.38. The summed E-state index contributed by atoms with van der Waals surface area (Å²) in [6.45, 7) is 0. The fourth-order valence-corrected chi connectivity index (χ4v) is 6.33. The molecule has 3 aromatic rings. The van der Waals surface area contributed by atoms with Crippen LogP contribution < -0.4 is 15.9 Å². The molecule has 0 atom stereocenters. The Bertz CT molecular complexity index is 948. The largest absolute Gasteiger partial charge is 0.377 e. The van der Waals surface area contributed by atoms with Crippen LogP contribution in [0.15, 0.2) is 103 Å². The van der Waals surface area contributed by atoms with Crippen LogP contribution >= 0.6 is 7.92 Å². The smallest absolute Gasteiger partial charge is 0.0396 e. The molecule has 1 nitrogen and oxygen atoms in total. The molecule has 28 heavy (non-hydrogen) atoms. The van der Waals surface area contributed by atoms with Crippen LogP contribution in [0.4, 0.5) is 0 Å². The van der Waals surface area contributed by atoms with E-state index in [0.717, 1.165) is 12.8 Å². The van der Waals surface area contributed by atoms with Gasteiger partial charge in [-0.05, 0) is 53.9 Å². The SMILES string of the molecule is CN(C)C1=C(c2ccccc2P(c2ccccc2)c2ccccc2)CCC=C1. The molecule has 0 radical (unpaired) electrons. The van der Waals surface area contributed by atoms with E-state index in [4.69, 9.17) is 0 Å². The van der Waals surface area contributed by atoms with Gasteiger partial charge in [0.15, 0.2) is 0 Å². The molecule has 0 fully saturated rings. The normalized spacial score (nSPS) is 13.8. The van der Waals surface area contributed by atoms with Gasteiger partial charge < -0.3 is 4.90 Å². The Morgan fingerprint density at radius 3 is 1.89 bits per heavy atom. The van der Waals surface area contributed by atoms with Crippen LogP contribution in [0.1, 0.15) is 18.4 Å². The van der Waals surface area contributed by atoms with Gasteiger partial charge in [-0.2, -0.15) is 0 Å². The van der Waals surface area contributed by atoms with Gasteiger partial charge >= 0.3 is 0 Å². The van der Waals surface area contributed by atoms with Crippen LogP contribution in [0.3, 0.4) is 0 Å². The highest BCUT2D eigenvalue weighted by molar-refractivity contribution is 7.80. The molecule has 0 amide bonds. The van der Waals surface area contributed by atoms with E-state index in [1.165, 1.54) is 32.7 Å². The van der Waals surface area contributed by atoms with Crippen molar-refractivity contribution in [2.75, 3.05) is 14.1 Å². The quantitative estimate of drug-likeness (QED) is 0.556. The van der Waals surface area contributed by atoms with Crippen LogP contribution in [0.25, 0.3) is 5.57 Å². The highest BCUT2D eigenvalue weighted by atomic mass is 31.1. The third-order valence-corrected chi connectivity index (χ3v) is 7.63. The fraction of sp³-hybridized carbons (Fsp3) is 0.154. The standard InChI is InChI=1S/C26H26NP/c1-27(2)25-19-11-9-17-23(25)24-18-10-12-20-26(24)28(21-13-5-3-6-14-21)22-15-7-4-8-16-22/h3-8,10-16,18-20H,9,17H2,1-2H3. The van der Waals surface area contributed by atoms with Gasteiger partial charge in [0.2, 0.25) is 0 Å². The Labute approximate surface area is 169 Å². The van der Waals surface area contributed by atoms with Gasteiger partial charge in [-0.25, -0.2) is 0 Å². The molecule has 1 aliphatic carbocycles. The average molecular weight is 383 g/mol. The van der Waals surface area contributed by atoms with Crippen LogP contribution in [-0.4, -0.2) is 19.0 Å². The van der Waals surface area contributed by atoms with Gasteiger partial charge in [0.25, 0.3) is 0 Å². The number of nitrogens with zero attached hydrogens (tertiary/aromatic N) is 1. The molecule has 2 heteroatoms. The van der Waals surface area contributed by atoms with Crippen LogP contribution in [0, 0.1) is 0 Å². The minimum Gasteiger partial charge on any atom is -0.377 e. The van der Waals surface area contributed by atoms with E-state index in [1.807, 2.05) is 0 Å². The van der Waals surface area contributed by atoms with Crippen molar-refractivity contribution in [3.63, 3.8) is 0 Å². The van der Waals surface area contributed by atoms with E-state index in [0.29, 0.717) is 0 Å². The molecule has 1 aliphatic rings. The van der Waals surface area contributed by atoms with Gasteiger partial charge in [0.05, 0.1) is 0 Å². The number of rotatable bonds is 5. The van der Waals surface area contributed by atoms with Gasteiger partial charge in [0.1, 0.15) is 0 Å². The molecule has 0 saturated heterocycles. The Balaban J connectivity index is 1.93. The van der Waals surface area contributed by atoms with Gasteiger partial charge in [-0.15, -0.1) is 0 Å². The van der Waals surface area contributed by atoms with Crippen molar-refractivity contribution in [1.82, 2.24) is 4.90 Å². The number of likely N-dealkylation sites (N-methyl/N-ethyl adjacent to an activating group) is 1. The molecular formula is C26H26NP. The second kappa shape index (κ2) is 8.59. The number of hydrogen-bond donors (Lipinski definition) is 0. The summed E-state index contributed by atoms with van der Waals surface area (Å²) in [6.07, 6.45) is 6.77. The maximum Gasteiger partial charge on any atom is 0.0396 e. The lowest BCUT2D eigenvalue weighted by atomic mass is 9.94. The van der Waals surface area contributed by atoms with Crippen molar-refractivity contribution in [3.8, 4) is 0 Å².